The Hall–Kier alpha value is -0.410. The minimum absolute atomic E-state index is 0.231. The molecule has 1 heterocycles. The molecule has 3 nitrogen and oxygen atoms in total. The van der Waals surface area contributed by atoms with E-state index in [2.05, 4.69) is 5.32 Å². The number of ketones is 1. The van der Waals surface area contributed by atoms with Crippen LogP contribution in [0.25, 0.3) is 0 Å². The van der Waals surface area contributed by atoms with Gasteiger partial charge in [-0.2, -0.15) is 0 Å². The van der Waals surface area contributed by atoms with Crippen LogP contribution < -0.4 is 5.32 Å². The van der Waals surface area contributed by atoms with E-state index in [4.69, 9.17) is 4.74 Å². The molecule has 2 unspecified atom stereocenters. The third kappa shape index (κ3) is 2.09. The van der Waals surface area contributed by atoms with Crippen molar-refractivity contribution >= 4 is 5.78 Å². The molecule has 1 N–H and O–H groups in total. The van der Waals surface area contributed by atoms with Gasteiger partial charge < -0.3 is 10.1 Å². The second-order valence-corrected chi connectivity index (χ2v) is 3.95. The number of nitrogens with one attached hydrogen (secondary N) is 1. The SMILES string of the molecule is O=C1CCCCC1C1COCCN1. The first-order valence-electron chi connectivity index (χ1n) is 5.22. The number of ether oxygens (including phenoxy) is 1. The van der Waals surface area contributed by atoms with Crippen molar-refractivity contribution in [3.8, 4) is 0 Å². The van der Waals surface area contributed by atoms with Gasteiger partial charge in [0.15, 0.2) is 0 Å². The Morgan fingerprint density at radius 2 is 2.31 bits per heavy atom. The summed E-state index contributed by atoms with van der Waals surface area (Å²) in [6.45, 7) is 2.41. The molecule has 2 aliphatic rings. The van der Waals surface area contributed by atoms with E-state index in [9.17, 15) is 4.79 Å². The standard InChI is InChI=1S/C10H17NO2/c12-10-4-2-1-3-8(10)9-7-13-6-5-11-9/h8-9,11H,1-7H2. The van der Waals surface area contributed by atoms with Crippen molar-refractivity contribution in [2.24, 2.45) is 5.92 Å². The summed E-state index contributed by atoms with van der Waals surface area (Å²) in [4.78, 5) is 11.6. The van der Waals surface area contributed by atoms with E-state index in [0.717, 1.165) is 39.0 Å². The highest BCUT2D eigenvalue weighted by Crippen LogP contribution is 2.24. The molecule has 2 rings (SSSR count). The van der Waals surface area contributed by atoms with Crippen LogP contribution in [0.15, 0.2) is 0 Å². The van der Waals surface area contributed by atoms with Crippen molar-refractivity contribution in [3.05, 3.63) is 0 Å². The Balaban J connectivity index is 1.92. The maximum atomic E-state index is 11.6. The number of hydrogen-bond donors (Lipinski definition) is 1. The average Bonchev–Trinajstić information content (AvgIpc) is 2.20. The molecule has 1 saturated carbocycles. The van der Waals surface area contributed by atoms with Gasteiger partial charge in [0.25, 0.3) is 0 Å². The highest BCUT2D eigenvalue weighted by atomic mass is 16.5. The molecule has 0 radical (unpaired) electrons. The van der Waals surface area contributed by atoms with Crippen LogP contribution in [-0.2, 0) is 9.53 Å². The van der Waals surface area contributed by atoms with E-state index in [1.165, 1.54) is 6.42 Å². The summed E-state index contributed by atoms with van der Waals surface area (Å²) in [5.74, 6) is 0.670. The summed E-state index contributed by atoms with van der Waals surface area (Å²) in [6.07, 6.45) is 4.13. The fourth-order valence-electron chi connectivity index (χ4n) is 2.28. The second kappa shape index (κ2) is 4.20. The lowest BCUT2D eigenvalue weighted by atomic mass is 9.83. The van der Waals surface area contributed by atoms with Gasteiger partial charge in [-0.15, -0.1) is 0 Å². The number of rotatable bonds is 1. The number of carbonyl (C=O) groups is 1. The molecular formula is C10H17NO2. The van der Waals surface area contributed by atoms with Crippen LogP contribution in [0.1, 0.15) is 25.7 Å². The van der Waals surface area contributed by atoms with Gasteiger partial charge in [-0.1, -0.05) is 6.42 Å². The van der Waals surface area contributed by atoms with Crippen molar-refractivity contribution in [1.29, 1.82) is 0 Å². The van der Waals surface area contributed by atoms with Gasteiger partial charge in [0, 0.05) is 24.9 Å². The molecule has 0 spiro atoms. The maximum absolute atomic E-state index is 11.6. The van der Waals surface area contributed by atoms with Crippen molar-refractivity contribution in [1.82, 2.24) is 5.32 Å². The Kier molecular flexibility index (Phi) is 2.96. The van der Waals surface area contributed by atoms with Gasteiger partial charge in [-0.3, -0.25) is 4.79 Å². The third-order valence-corrected chi connectivity index (χ3v) is 3.04. The van der Waals surface area contributed by atoms with Gasteiger partial charge in [0.1, 0.15) is 5.78 Å². The second-order valence-electron chi connectivity index (χ2n) is 3.95. The Labute approximate surface area is 78.8 Å². The van der Waals surface area contributed by atoms with Gasteiger partial charge in [-0.25, -0.2) is 0 Å². The minimum Gasteiger partial charge on any atom is -0.378 e. The Morgan fingerprint density at radius 1 is 1.38 bits per heavy atom. The van der Waals surface area contributed by atoms with Crippen LogP contribution in [0, 0.1) is 5.92 Å². The summed E-state index contributed by atoms with van der Waals surface area (Å²) in [7, 11) is 0. The first-order valence-corrected chi connectivity index (χ1v) is 5.22. The molecule has 0 aromatic heterocycles. The normalized spacial score (nSPS) is 36.2. The zero-order valence-electron chi connectivity index (χ0n) is 7.92. The quantitative estimate of drug-likeness (QED) is 0.651. The highest BCUT2D eigenvalue weighted by Gasteiger charge is 2.31. The molecule has 13 heavy (non-hydrogen) atoms. The fraction of sp³-hybridized carbons (Fsp3) is 0.900. The lowest BCUT2D eigenvalue weighted by Gasteiger charge is -2.32. The molecule has 0 aromatic carbocycles. The molecule has 2 atom stereocenters. The molecule has 3 heteroatoms. The number of carbonyl (C=O) groups excluding carboxylic acids is 1. The summed E-state index contributed by atoms with van der Waals surface area (Å²) in [6, 6.07) is 0.293. The highest BCUT2D eigenvalue weighted by molar-refractivity contribution is 5.82. The van der Waals surface area contributed by atoms with Crippen LogP contribution in [-0.4, -0.2) is 31.6 Å². The summed E-state index contributed by atoms with van der Waals surface area (Å²) in [5, 5.41) is 3.37. The largest absolute Gasteiger partial charge is 0.378 e. The molecule has 0 aromatic rings. The molecule has 1 aliphatic carbocycles. The Morgan fingerprint density at radius 3 is 3.00 bits per heavy atom. The zero-order valence-corrected chi connectivity index (χ0v) is 7.92. The lowest BCUT2D eigenvalue weighted by Crippen LogP contribution is -2.49. The van der Waals surface area contributed by atoms with Gasteiger partial charge >= 0.3 is 0 Å². The van der Waals surface area contributed by atoms with Crippen LogP contribution in [0.3, 0.4) is 0 Å². The van der Waals surface area contributed by atoms with E-state index in [1.807, 2.05) is 0 Å². The topological polar surface area (TPSA) is 38.3 Å². The summed E-state index contributed by atoms with van der Waals surface area (Å²) >= 11 is 0. The monoisotopic (exact) mass is 183 g/mol. The number of hydrogen-bond acceptors (Lipinski definition) is 3. The molecular weight excluding hydrogens is 166 g/mol. The molecule has 0 amide bonds. The first-order chi connectivity index (χ1) is 6.38. The van der Waals surface area contributed by atoms with Gasteiger partial charge in [0.05, 0.1) is 13.2 Å². The first kappa shape index (κ1) is 9.16. The van der Waals surface area contributed by atoms with Crippen molar-refractivity contribution in [3.63, 3.8) is 0 Å². The predicted molar refractivity (Wildman–Crippen MR) is 49.6 cm³/mol. The van der Waals surface area contributed by atoms with Gasteiger partial charge in [-0.05, 0) is 12.8 Å². The zero-order chi connectivity index (χ0) is 9.10. The van der Waals surface area contributed by atoms with E-state index in [0.29, 0.717) is 11.8 Å². The molecule has 74 valence electrons. The van der Waals surface area contributed by atoms with Crippen molar-refractivity contribution < 1.29 is 9.53 Å². The van der Waals surface area contributed by atoms with Crippen LogP contribution in [0.4, 0.5) is 0 Å². The van der Waals surface area contributed by atoms with Crippen LogP contribution in [0.5, 0.6) is 0 Å². The lowest BCUT2D eigenvalue weighted by molar-refractivity contribution is -0.126. The molecule has 0 bridgehead atoms. The van der Waals surface area contributed by atoms with Crippen LogP contribution >= 0.6 is 0 Å². The molecule has 2 fully saturated rings. The summed E-state index contributed by atoms with van der Waals surface area (Å²) in [5.41, 5.74) is 0. The van der Waals surface area contributed by atoms with Crippen molar-refractivity contribution in [2.75, 3.05) is 19.8 Å². The third-order valence-electron chi connectivity index (χ3n) is 3.04. The Bertz CT molecular complexity index is 187. The fourth-order valence-corrected chi connectivity index (χ4v) is 2.28. The average molecular weight is 183 g/mol. The maximum Gasteiger partial charge on any atom is 0.137 e. The number of Topliss-reactive ketones (excluding diaryl/α,β-unsaturated/α-hetero) is 1. The van der Waals surface area contributed by atoms with Gasteiger partial charge in [0.2, 0.25) is 0 Å². The minimum atomic E-state index is 0.231. The number of morpholine rings is 1. The molecule has 1 aliphatic heterocycles. The smallest absolute Gasteiger partial charge is 0.137 e. The van der Waals surface area contributed by atoms with E-state index >= 15 is 0 Å². The predicted octanol–water partition coefficient (Wildman–Crippen LogP) is 0.734. The van der Waals surface area contributed by atoms with E-state index in [1.54, 1.807) is 0 Å². The summed E-state index contributed by atoms with van der Waals surface area (Å²) < 4.78 is 5.37. The van der Waals surface area contributed by atoms with Crippen LogP contribution in [0.2, 0.25) is 0 Å². The van der Waals surface area contributed by atoms with E-state index in [-0.39, 0.29) is 5.92 Å². The van der Waals surface area contributed by atoms with E-state index < -0.39 is 0 Å². The molecule has 1 saturated heterocycles. The van der Waals surface area contributed by atoms with Crippen molar-refractivity contribution in [2.45, 2.75) is 31.7 Å².